The van der Waals surface area contributed by atoms with Gasteiger partial charge in [-0.15, -0.1) is 0 Å². The number of methoxy groups -OCH3 is 1. The van der Waals surface area contributed by atoms with E-state index in [2.05, 4.69) is 22.1 Å². The summed E-state index contributed by atoms with van der Waals surface area (Å²) in [6.07, 6.45) is 11.2. The van der Waals surface area contributed by atoms with E-state index in [4.69, 9.17) is 9.73 Å². The molecule has 4 rings (SSSR count). The number of allylic oxidation sites excluding steroid dienone is 1. The van der Waals surface area contributed by atoms with Crippen LogP contribution in [0.3, 0.4) is 0 Å². The van der Waals surface area contributed by atoms with Gasteiger partial charge in [0.1, 0.15) is 11.5 Å². The molecule has 0 fully saturated rings. The van der Waals surface area contributed by atoms with Gasteiger partial charge in [-0.1, -0.05) is 25.7 Å². The monoisotopic (exact) mass is 365 g/mol. The molecule has 142 valence electrons. The zero-order valence-electron chi connectivity index (χ0n) is 15.8. The number of fused-ring (bicyclic) bond motifs is 6. The first-order valence-electron chi connectivity index (χ1n) is 9.84. The summed E-state index contributed by atoms with van der Waals surface area (Å²) < 4.78 is 5.52. The van der Waals surface area contributed by atoms with E-state index in [-0.39, 0.29) is 0 Å². The average molecular weight is 365 g/mol. The molecule has 5 heteroatoms. The summed E-state index contributed by atoms with van der Waals surface area (Å²) in [5, 5.41) is 10.4. The Balaban J connectivity index is 1.66. The van der Waals surface area contributed by atoms with E-state index in [1.165, 1.54) is 31.4 Å². The third-order valence-electron chi connectivity index (χ3n) is 5.31. The lowest BCUT2D eigenvalue weighted by Gasteiger charge is -2.09. The molecule has 3 N–H and O–H groups in total. The standard InChI is InChI=1S/C22H27N3O2/c1-27-22-14-19-17-11-9-15(23-17)7-5-3-2-4-6-8-21(26)18-12-10-16(24-18)13-20(22)25-19/h9-14,21,23-24,26H,2-8H2,1H3. The number of aromatic amines is 2. The minimum Gasteiger partial charge on any atom is -0.494 e. The maximum Gasteiger partial charge on any atom is 0.146 e. The molecular formula is C22H27N3O2. The second-order valence-electron chi connectivity index (χ2n) is 7.33. The van der Waals surface area contributed by atoms with Crippen LogP contribution in [-0.2, 0) is 11.2 Å². The van der Waals surface area contributed by atoms with Gasteiger partial charge in [0.15, 0.2) is 0 Å². The molecule has 5 nitrogen and oxygen atoms in total. The van der Waals surface area contributed by atoms with Crippen LogP contribution >= 0.6 is 0 Å². The minimum absolute atomic E-state index is 0.438. The molecule has 6 bridgehead atoms. The van der Waals surface area contributed by atoms with Crippen molar-refractivity contribution in [3.63, 3.8) is 0 Å². The van der Waals surface area contributed by atoms with Crippen molar-refractivity contribution in [1.82, 2.24) is 9.97 Å². The number of aryl methyl sites for hydroxylation is 1. The van der Waals surface area contributed by atoms with Crippen molar-refractivity contribution in [3.8, 4) is 0 Å². The van der Waals surface area contributed by atoms with Crippen LogP contribution in [0.5, 0.6) is 0 Å². The Labute approximate surface area is 159 Å². The number of nitrogens with one attached hydrogen (secondary N) is 2. The van der Waals surface area contributed by atoms with Crippen LogP contribution in [-0.4, -0.2) is 27.9 Å². The van der Waals surface area contributed by atoms with Crippen molar-refractivity contribution in [2.75, 3.05) is 7.11 Å². The molecular weight excluding hydrogens is 338 g/mol. The molecule has 27 heavy (non-hydrogen) atoms. The molecule has 2 aromatic heterocycles. The average Bonchev–Trinajstić information content (AvgIpc) is 3.39. The molecule has 0 spiro atoms. The predicted octanol–water partition coefficient (Wildman–Crippen LogP) is 4.65. The van der Waals surface area contributed by atoms with Crippen LogP contribution in [0.2, 0.25) is 0 Å². The van der Waals surface area contributed by atoms with Gasteiger partial charge in [0, 0.05) is 23.2 Å². The molecule has 2 aliphatic heterocycles. The first kappa shape index (κ1) is 17.9. The smallest absolute Gasteiger partial charge is 0.146 e. The maximum atomic E-state index is 10.4. The quantitative estimate of drug-likeness (QED) is 0.688. The molecule has 1 unspecified atom stereocenters. The highest BCUT2D eigenvalue weighted by Gasteiger charge is 2.18. The third kappa shape index (κ3) is 4.08. The van der Waals surface area contributed by atoms with E-state index < -0.39 is 6.10 Å². The summed E-state index contributed by atoms with van der Waals surface area (Å²) in [4.78, 5) is 11.6. The molecule has 0 aliphatic carbocycles. The summed E-state index contributed by atoms with van der Waals surface area (Å²) in [7, 11) is 1.66. The van der Waals surface area contributed by atoms with Crippen LogP contribution in [0.15, 0.2) is 46.8 Å². The Kier molecular flexibility index (Phi) is 5.30. The zero-order valence-corrected chi connectivity index (χ0v) is 15.8. The van der Waals surface area contributed by atoms with Gasteiger partial charge >= 0.3 is 0 Å². The Morgan fingerprint density at radius 3 is 2.74 bits per heavy atom. The predicted molar refractivity (Wildman–Crippen MR) is 108 cm³/mol. The topological polar surface area (TPSA) is 73.4 Å². The number of aliphatic hydroxyl groups excluding tert-OH is 1. The number of ether oxygens (including phenoxy) is 1. The van der Waals surface area contributed by atoms with Crippen molar-refractivity contribution in [2.24, 2.45) is 4.99 Å². The summed E-state index contributed by atoms with van der Waals surface area (Å²) in [6.45, 7) is 0. The molecule has 0 saturated carbocycles. The normalized spacial score (nSPS) is 21.0. The van der Waals surface area contributed by atoms with Gasteiger partial charge in [-0.25, -0.2) is 4.99 Å². The van der Waals surface area contributed by atoms with Gasteiger partial charge in [0.05, 0.1) is 24.6 Å². The second-order valence-corrected chi connectivity index (χ2v) is 7.33. The van der Waals surface area contributed by atoms with E-state index in [9.17, 15) is 5.11 Å². The Morgan fingerprint density at radius 2 is 1.85 bits per heavy atom. The Hall–Kier alpha value is -2.53. The van der Waals surface area contributed by atoms with Crippen molar-refractivity contribution in [2.45, 2.75) is 51.0 Å². The van der Waals surface area contributed by atoms with Crippen LogP contribution in [0.4, 0.5) is 0 Å². The zero-order chi connectivity index (χ0) is 18.6. The van der Waals surface area contributed by atoms with Gasteiger partial charge in [-0.05, 0) is 49.6 Å². The highest BCUT2D eigenvalue weighted by molar-refractivity contribution is 6.11. The number of aliphatic hydroxyl groups is 1. The molecule has 4 heterocycles. The maximum absolute atomic E-state index is 10.4. The second kappa shape index (κ2) is 8.01. The molecule has 0 saturated heterocycles. The number of hydrogen-bond donors (Lipinski definition) is 3. The number of nitrogens with zero attached hydrogens (tertiary/aromatic N) is 1. The largest absolute Gasteiger partial charge is 0.494 e. The van der Waals surface area contributed by atoms with Crippen molar-refractivity contribution in [3.05, 3.63) is 64.6 Å². The molecule has 0 aromatic carbocycles. The first-order chi connectivity index (χ1) is 13.2. The third-order valence-corrected chi connectivity index (χ3v) is 5.31. The van der Waals surface area contributed by atoms with Crippen molar-refractivity contribution in [1.29, 1.82) is 0 Å². The fraction of sp³-hybridized carbons (Fsp3) is 0.409. The van der Waals surface area contributed by atoms with E-state index in [0.717, 1.165) is 53.5 Å². The number of aromatic nitrogens is 2. The van der Waals surface area contributed by atoms with E-state index in [0.29, 0.717) is 0 Å². The summed E-state index contributed by atoms with van der Waals surface area (Å²) in [5.41, 5.74) is 5.72. The first-order valence-corrected chi connectivity index (χ1v) is 9.84. The van der Waals surface area contributed by atoms with E-state index in [1.54, 1.807) is 7.11 Å². The molecule has 2 aliphatic rings. The van der Waals surface area contributed by atoms with Crippen molar-refractivity contribution >= 4 is 11.8 Å². The SMILES string of the molecule is COC1=CC2=NC1=Cc1ccc([nH]1)C(O)CCCCCCCc1ccc2[nH]1. The lowest BCUT2D eigenvalue weighted by atomic mass is 10.0. The molecule has 1 atom stereocenters. The number of aliphatic imine (C=N–C) groups is 1. The number of hydrogen-bond acceptors (Lipinski definition) is 3. The fourth-order valence-electron chi connectivity index (χ4n) is 3.75. The number of rotatable bonds is 1. The highest BCUT2D eigenvalue weighted by atomic mass is 16.5. The Morgan fingerprint density at radius 1 is 1.00 bits per heavy atom. The van der Waals surface area contributed by atoms with Crippen LogP contribution in [0.1, 0.15) is 67.4 Å². The van der Waals surface area contributed by atoms with Gasteiger partial charge < -0.3 is 19.8 Å². The summed E-state index contributed by atoms with van der Waals surface area (Å²) in [6, 6.07) is 8.19. The molecule has 0 amide bonds. The summed E-state index contributed by atoms with van der Waals surface area (Å²) >= 11 is 0. The van der Waals surface area contributed by atoms with Gasteiger partial charge in [-0.3, -0.25) is 0 Å². The molecule has 2 aromatic rings. The molecule has 0 radical (unpaired) electrons. The highest BCUT2D eigenvalue weighted by Crippen LogP contribution is 2.26. The lowest BCUT2D eigenvalue weighted by molar-refractivity contribution is 0.159. The van der Waals surface area contributed by atoms with Crippen LogP contribution in [0.25, 0.3) is 6.08 Å². The van der Waals surface area contributed by atoms with Crippen LogP contribution in [0, 0.1) is 0 Å². The number of H-pyrrole nitrogens is 2. The summed E-state index contributed by atoms with van der Waals surface area (Å²) in [5.74, 6) is 0.746. The van der Waals surface area contributed by atoms with Crippen LogP contribution < -0.4 is 0 Å². The van der Waals surface area contributed by atoms with Crippen molar-refractivity contribution < 1.29 is 9.84 Å². The minimum atomic E-state index is -0.438. The fourth-order valence-corrected chi connectivity index (χ4v) is 3.75. The van der Waals surface area contributed by atoms with Gasteiger partial charge in [0.25, 0.3) is 0 Å². The van der Waals surface area contributed by atoms with E-state index >= 15 is 0 Å². The van der Waals surface area contributed by atoms with Gasteiger partial charge in [-0.2, -0.15) is 0 Å². The van der Waals surface area contributed by atoms with Gasteiger partial charge in [0.2, 0.25) is 0 Å². The van der Waals surface area contributed by atoms with E-state index in [1.807, 2.05) is 24.3 Å². The lowest BCUT2D eigenvalue weighted by Crippen LogP contribution is -1.98. The Bertz CT molecular complexity index is 885.